The molecule has 1 aliphatic heterocycles. The van der Waals surface area contributed by atoms with Gasteiger partial charge in [-0.15, -0.1) is 12.3 Å². The summed E-state index contributed by atoms with van der Waals surface area (Å²) in [4.78, 5) is 64.2. The molecular formula is C30H35N5O7. The SMILES string of the molecule is C#CCC(C(=O)NC(/C=C/C(=O)OC1CCCCC1)CC1CCNC1=O)n1cccc(NC(=O)c2cc(C)on2)c1=O. The van der Waals surface area contributed by atoms with Crippen molar-refractivity contribution in [3.8, 4) is 12.3 Å². The van der Waals surface area contributed by atoms with Crippen molar-refractivity contribution in [2.24, 2.45) is 5.92 Å². The Morgan fingerprint density at radius 3 is 2.71 bits per heavy atom. The lowest BCUT2D eigenvalue weighted by atomic mass is 9.97. The van der Waals surface area contributed by atoms with Gasteiger partial charge >= 0.3 is 5.97 Å². The monoisotopic (exact) mass is 577 g/mol. The molecule has 2 fully saturated rings. The van der Waals surface area contributed by atoms with E-state index in [9.17, 15) is 24.0 Å². The molecule has 3 N–H and O–H groups in total. The normalized spacial score (nSPS) is 18.6. The highest BCUT2D eigenvalue weighted by atomic mass is 16.5. The average Bonchev–Trinajstić information content (AvgIpc) is 3.59. The van der Waals surface area contributed by atoms with Crippen molar-refractivity contribution in [3.63, 3.8) is 0 Å². The van der Waals surface area contributed by atoms with Crippen LogP contribution in [-0.4, -0.2) is 52.1 Å². The predicted octanol–water partition coefficient (Wildman–Crippen LogP) is 2.40. The number of hydrogen-bond donors (Lipinski definition) is 3. The van der Waals surface area contributed by atoms with Gasteiger partial charge in [0, 0.05) is 43.3 Å². The molecule has 0 bridgehead atoms. The van der Waals surface area contributed by atoms with E-state index in [1.165, 1.54) is 36.5 Å². The number of rotatable bonds is 11. The van der Waals surface area contributed by atoms with Gasteiger partial charge in [0.05, 0.1) is 0 Å². The molecular weight excluding hydrogens is 542 g/mol. The lowest BCUT2D eigenvalue weighted by molar-refractivity contribution is -0.144. The van der Waals surface area contributed by atoms with E-state index in [1.54, 1.807) is 6.92 Å². The first kappa shape index (κ1) is 30.3. The highest BCUT2D eigenvalue weighted by molar-refractivity contribution is 6.02. The molecule has 1 saturated carbocycles. The summed E-state index contributed by atoms with van der Waals surface area (Å²) in [5, 5.41) is 11.8. The first-order valence-electron chi connectivity index (χ1n) is 14.1. The molecule has 12 nitrogen and oxygen atoms in total. The van der Waals surface area contributed by atoms with Crippen molar-refractivity contribution >= 4 is 29.4 Å². The summed E-state index contributed by atoms with van der Waals surface area (Å²) < 4.78 is 11.6. The fraction of sp³-hybridized carbons (Fsp3) is 0.467. The van der Waals surface area contributed by atoms with Crippen molar-refractivity contribution < 1.29 is 28.4 Å². The predicted molar refractivity (Wildman–Crippen MR) is 152 cm³/mol. The number of hydrogen-bond acceptors (Lipinski definition) is 8. The van der Waals surface area contributed by atoms with Crippen LogP contribution in [0.4, 0.5) is 5.69 Å². The second-order valence-corrected chi connectivity index (χ2v) is 10.5. The Kier molecular flexibility index (Phi) is 10.3. The van der Waals surface area contributed by atoms with Gasteiger partial charge in [-0.3, -0.25) is 19.2 Å². The van der Waals surface area contributed by atoms with Gasteiger partial charge in [0.15, 0.2) is 5.69 Å². The number of nitrogens with zero attached hydrogens (tertiary/aromatic N) is 2. The molecule has 12 heteroatoms. The van der Waals surface area contributed by atoms with E-state index >= 15 is 0 Å². The molecule has 0 radical (unpaired) electrons. The summed E-state index contributed by atoms with van der Waals surface area (Å²) in [6.45, 7) is 2.16. The van der Waals surface area contributed by atoms with Crippen molar-refractivity contribution in [1.82, 2.24) is 20.4 Å². The van der Waals surface area contributed by atoms with Crippen LogP contribution in [0.2, 0.25) is 0 Å². The molecule has 222 valence electrons. The number of amides is 3. The van der Waals surface area contributed by atoms with Gasteiger partial charge in [0.25, 0.3) is 11.5 Å². The Bertz CT molecular complexity index is 1430. The molecule has 4 rings (SSSR count). The van der Waals surface area contributed by atoms with Gasteiger partial charge in [-0.1, -0.05) is 17.7 Å². The van der Waals surface area contributed by atoms with Crippen molar-refractivity contribution in [2.75, 3.05) is 11.9 Å². The lowest BCUT2D eigenvalue weighted by Gasteiger charge is -2.23. The zero-order chi connectivity index (χ0) is 30.1. The highest BCUT2D eigenvalue weighted by Crippen LogP contribution is 2.21. The van der Waals surface area contributed by atoms with Crippen LogP contribution >= 0.6 is 0 Å². The lowest BCUT2D eigenvalue weighted by Crippen LogP contribution is -2.43. The van der Waals surface area contributed by atoms with E-state index in [1.807, 2.05) is 0 Å². The van der Waals surface area contributed by atoms with E-state index in [-0.39, 0.29) is 42.2 Å². The fourth-order valence-corrected chi connectivity index (χ4v) is 5.16. The van der Waals surface area contributed by atoms with Crippen LogP contribution in [0.25, 0.3) is 0 Å². The summed E-state index contributed by atoms with van der Waals surface area (Å²) in [7, 11) is 0. The van der Waals surface area contributed by atoms with Crippen LogP contribution in [0.1, 0.15) is 73.7 Å². The third kappa shape index (κ3) is 7.96. The number of ether oxygens (including phenoxy) is 1. The van der Waals surface area contributed by atoms with Crippen LogP contribution in [0, 0.1) is 25.2 Å². The molecule has 3 heterocycles. The Hall–Kier alpha value is -4.66. The average molecular weight is 578 g/mol. The number of carbonyl (C=O) groups is 4. The van der Waals surface area contributed by atoms with Crippen LogP contribution < -0.4 is 21.5 Å². The Morgan fingerprint density at radius 2 is 2.05 bits per heavy atom. The minimum Gasteiger partial charge on any atom is -0.459 e. The summed E-state index contributed by atoms with van der Waals surface area (Å²) in [5.74, 6) is 0.613. The number of terminal acetylenes is 1. The minimum atomic E-state index is -1.13. The second-order valence-electron chi connectivity index (χ2n) is 10.5. The number of aromatic nitrogens is 2. The summed E-state index contributed by atoms with van der Waals surface area (Å²) in [5.41, 5.74) is -0.741. The van der Waals surface area contributed by atoms with Crippen LogP contribution in [-0.2, 0) is 19.1 Å². The number of carbonyl (C=O) groups excluding carboxylic acids is 4. The fourth-order valence-electron chi connectivity index (χ4n) is 5.16. The number of aryl methyl sites for hydroxylation is 1. The molecule has 0 aromatic carbocycles. The van der Waals surface area contributed by atoms with E-state index < -0.39 is 35.4 Å². The van der Waals surface area contributed by atoms with E-state index in [2.05, 4.69) is 27.0 Å². The molecule has 2 aromatic rings. The van der Waals surface area contributed by atoms with Gasteiger partial charge in [-0.05, 0) is 57.6 Å². The molecule has 2 aliphatic rings. The zero-order valence-corrected chi connectivity index (χ0v) is 23.5. The number of esters is 1. The van der Waals surface area contributed by atoms with Crippen molar-refractivity contribution in [2.45, 2.75) is 76.5 Å². The zero-order valence-electron chi connectivity index (χ0n) is 23.5. The minimum absolute atomic E-state index is 0.00665. The summed E-state index contributed by atoms with van der Waals surface area (Å²) >= 11 is 0. The highest BCUT2D eigenvalue weighted by Gasteiger charge is 2.30. The van der Waals surface area contributed by atoms with Crippen LogP contribution in [0.3, 0.4) is 0 Å². The molecule has 1 saturated heterocycles. The quantitative estimate of drug-likeness (QED) is 0.208. The first-order chi connectivity index (χ1) is 20.2. The number of pyridine rings is 1. The van der Waals surface area contributed by atoms with E-state index in [0.717, 1.165) is 36.7 Å². The van der Waals surface area contributed by atoms with Gasteiger partial charge in [-0.25, -0.2) is 4.79 Å². The maximum Gasteiger partial charge on any atom is 0.330 e. The molecule has 2 aromatic heterocycles. The molecule has 0 spiro atoms. The number of anilines is 1. The van der Waals surface area contributed by atoms with E-state index in [0.29, 0.717) is 18.7 Å². The molecule has 42 heavy (non-hydrogen) atoms. The summed E-state index contributed by atoms with van der Waals surface area (Å²) in [6, 6.07) is 2.49. The van der Waals surface area contributed by atoms with Gasteiger partial charge < -0.3 is 29.8 Å². The molecule has 3 amide bonds. The van der Waals surface area contributed by atoms with Gasteiger partial charge in [0.2, 0.25) is 11.8 Å². The van der Waals surface area contributed by atoms with E-state index in [4.69, 9.17) is 15.7 Å². The van der Waals surface area contributed by atoms with Gasteiger partial charge in [0.1, 0.15) is 23.6 Å². The Morgan fingerprint density at radius 1 is 1.26 bits per heavy atom. The molecule has 3 atom stereocenters. The molecule has 3 unspecified atom stereocenters. The topological polar surface area (TPSA) is 162 Å². The third-order valence-electron chi connectivity index (χ3n) is 7.36. The van der Waals surface area contributed by atoms with Crippen LogP contribution in [0.15, 0.2) is 45.9 Å². The Labute approximate surface area is 243 Å². The molecule has 1 aliphatic carbocycles. The van der Waals surface area contributed by atoms with Crippen LogP contribution in [0.5, 0.6) is 0 Å². The third-order valence-corrected chi connectivity index (χ3v) is 7.36. The maximum atomic E-state index is 13.5. The number of nitrogens with one attached hydrogen (secondary N) is 3. The standard InChI is InChI=1S/C30H35N5O7/c1-3-8-25(35-16-7-11-23(30(35)40)33-28(38)24-17-19(2)42-34-24)29(39)32-21(18-20-14-15-31-27(20)37)12-13-26(36)41-22-9-5-4-6-10-22/h1,7,11-13,16-17,20-22,25H,4-6,8-10,14-15,18H2,2H3,(H,31,37)(H,32,39)(H,33,38)/b13-12+. The Balaban J connectivity index is 1.51. The van der Waals surface area contributed by atoms with Crippen molar-refractivity contribution in [1.29, 1.82) is 0 Å². The second kappa shape index (κ2) is 14.3. The maximum absolute atomic E-state index is 13.5. The first-order valence-corrected chi connectivity index (χ1v) is 14.1. The summed E-state index contributed by atoms with van der Waals surface area (Å²) in [6.07, 6.45) is 15.1. The van der Waals surface area contributed by atoms with Gasteiger partial charge in [-0.2, -0.15) is 0 Å². The largest absolute Gasteiger partial charge is 0.459 e. The smallest absolute Gasteiger partial charge is 0.330 e. The van der Waals surface area contributed by atoms with Crippen molar-refractivity contribution in [3.05, 3.63) is 58.4 Å².